The van der Waals surface area contributed by atoms with Crippen LogP contribution in [0, 0.1) is 0 Å². The van der Waals surface area contributed by atoms with Crippen LogP contribution in [0.3, 0.4) is 0 Å². The van der Waals surface area contributed by atoms with E-state index in [2.05, 4.69) is 36.4 Å². The van der Waals surface area contributed by atoms with Crippen molar-refractivity contribution in [2.24, 2.45) is 0 Å². The standard InChI is InChI=1S/C23H16O2/c24-16-17-10-13-20(14-11-17)25-23-21-9-5-4-8-19(21)12-15-22(23)18-6-2-1-3-7-18/h1-16H. The lowest BCUT2D eigenvalue weighted by Gasteiger charge is -2.15. The summed E-state index contributed by atoms with van der Waals surface area (Å²) in [5.41, 5.74) is 2.78. The molecule has 2 heteroatoms. The molecule has 0 aliphatic carbocycles. The average Bonchev–Trinajstić information content (AvgIpc) is 2.69. The van der Waals surface area contributed by atoms with Crippen LogP contribution >= 0.6 is 0 Å². The van der Waals surface area contributed by atoms with E-state index in [-0.39, 0.29) is 0 Å². The highest BCUT2D eigenvalue weighted by molar-refractivity contribution is 5.95. The summed E-state index contributed by atoms with van der Waals surface area (Å²) in [6, 6.07) is 29.7. The molecule has 0 radical (unpaired) electrons. The second-order valence-corrected chi connectivity index (χ2v) is 5.82. The zero-order valence-electron chi connectivity index (χ0n) is 13.6. The number of benzene rings is 4. The number of aldehydes is 1. The van der Waals surface area contributed by atoms with E-state index in [1.165, 1.54) is 0 Å². The molecule has 0 aliphatic heterocycles. The van der Waals surface area contributed by atoms with Crippen molar-refractivity contribution in [1.29, 1.82) is 0 Å². The van der Waals surface area contributed by atoms with Crippen LogP contribution < -0.4 is 4.74 Å². The molecule has 0 saturated carbocycles. The van der Waals surface area contributed by atoms with Crippen molar-refractivity contribution in [2.45, 2.75) is 0 Å². The lowest BCUT2D eigenvalue weighted by molar-refractivity contribution is 0.112. The molecular weight excluding hydrogens is 308 g/mol. The molecular formula is C23H16O2. The molecule has 0 bridgehead atoms. The molecule has 0 atom stereocenters. The summed E-state index contributed by atoms with van der Waals surface area (Å²) in [6.07, 6.45) is 0.830. The summed E-state index contributed by atoms with van der Waals surface area (Å²) >= 11 is 0. The number of hydrogen-bond donors (Lipinski definition) is 0. The number of rotatable bonds is 4. The first-order chi connectivity index (χ1) is 12.3. The lowest BCUT2D eigenvalue weighted by atomic mass is 9.99. The molecule has 0 saturated heterocycles. The van der Waals surface area contributed by atoms with E-state index in [0.29, 0.717) is 11.3 Å². The molecule has 4 aromatic carbocycles. The largest absolute Gasteiger partial charge is 0.456 e. The zero-order chi connectivity index (χ0) is 17.1. The highest BCUT2D eigenvalue weighted by Crippen LogP contribution is 2.39. The van der Waals surface area contributed by atoms with Crippen molar-refractivity contribution >= 4 is 17.1 Å². The molecule has 2 nitrogen and oxygen atoms in total. The van der Waals surface area contributed by atoms with Crippen molar-refractivity contribution in [3.8, 4) is 22.6 Å². The third-order valence-electron chi connectivity index (χ3n) is 4.20. The SMILES string of the molecule is O=Cc1ccc(Oc2c(-c3ccccc3)ccc3ccccc23)cc1. The fourth-order valence-corrected chi connectivity index (χ4v) is 2.93. The fraction of sp³-hybridized carbons (Fsp3) is 0. The quantitative estimate of drug-likeness (QED) is 0.423. The summed E-state index contributed by atoms with van der Waals surface area (Å²) in [5.74, 6) is 1.53. The minimum Gasteiger partial charge on any atom is -0.456 e. The highest BCUT2D eigenvalue weighted by atomic mass is 16.5. The smallest absolute Gasteiger partial charge is 0.150 e. The van der Waals surface area contributed by atoms with Gasteiger partial charge in [0.2, 0.25) is 0 Å². The number of carbonyl (C=O) groups is 1. The molecule has 25 heavy (non-hydrogen) atoms. The Bertz CT molecular complexity index is 1020. The molecule has 0 spiro atoms. The Morgan fingerprint density at radius 2 is 1.40 bits per heavy atom. The van der Waals surface area contributed by atoms with E-state index < -0.39 is 0 Å². The van der Waals surface area contributed by atoms with Gasteiger partial charge in [0.1, 0.15) is 17.8 Å². The Balaban J connectivity index is 1.88. The van der Waals surface area contributed by atoms with E-state index in [4.69, 9.17) is 4.74 Å². The topological polar surface area (TPSA) is 26.3 Å². The second kappa shape index (κ2) is 6.62. The van der Waals surface area contributed by atoms with Gasteiger partial charge in [-0.15, -0.1) is 0 Å². The van der Waals surface area contributed by atoms with E-state index in [1.807, 2.05) is 42.5 Å². The summed E-state index contributed by atoms with van der Waals surface area (Å²) < 4.78 is 6.26. The number of fused-ring (bicyclic) bond motifs is 1. The summed E-state index contributed by atoms with van der Waals surface area (Å²) in [6.45, 7) is 0. The van der Waals surface area contributed by atoms with Crippen LogP contribution in [0.1, 0.15) is 10.4 Å². The number of carbonyl (C=O) groups excluding carboxylic acids is 1. The number of ether oxygens (including phenoxy) is 1. The van der Waals surface area contributed by atoms with Crippen LogP contribution in [0.2, 0.25) is 0 Å². The molecule has 0 fully saturated rings. The molecule has 0 N–H and O–H groups in total. The lowest BCUT2D eigenvalue weighted by Crippen LogP contribution is -1.91. The van der Waals surface area contributed by atoms with Gasteiger partial charge in [-0.05, 0) is 41.3 Å². The Morgan fingerprint density at radius 1 is 0.680 bits per heavy atom. The molecule has 4 rings (SSSR count). The maximum Gasteiger partial charge on any atom is 0.150 e. The number of hydrogen-bond acceptors (Lipinski definition) is 2. The third-order valence-corrected chi connectivity index (χ3v) is 4.20. The van der Waals surface area contributed by atoms with Crippen molar-refractivity contribution in [3.63, 3.8) is 0 Å². The fourth-order valence-electron chi connectivity index (χ4n) is 2.93. The van der Waals surface area contributed by atoms with Gasteiger partial charge < -0.3 is 4.74 Å². The molecule has 4 aromatic rings. The third kappa shape index (κ3) is 3.02. The van der Waals surface area contributed by atoms with E-state index in [9.17, 15) is 4.79 Å². The molecule has 0 unspecified atom stereocenters. The van der Waals surface area contributed by atoms with Crippen LogP contribution in [0.15, 0.2) is 91.0 Å². The monoisotopic (exact) mass is 324 g/mol. The van der Waals surface area contributed by atoms with Gasteiger partial charge in [-0.3, -0.25) is 4.79 Å². The van der Waals surface area contributed by atoms with Gasteiger partial charge in [0.15, 0.2) is 0 Å². The Hall–Kier alpha value is -3.39. The van der Waals surface area contributed by atoms with E-state index >= 15 is 0 Å². The predicted molar refractivity (Wildman–Crippen MR) is 101 cm³/mol. The van der Waals surface area contributed by atoms with Crippen molar-refractivity contribution in [2.75, 3.05) is 0 Å². The Kier molecular flexibility index (Phi) is 4.01. The summed E-state index contributed by atoms with van der Waals surface area (Å²) in [4.78, 5) is 10.8. The summed E-state index contributed by atoms with van der Waals surface area (Å²) in [7, 11) is 0. The minimum atomic E-state index is 0.633. The van der Waals surface area contributed by atoms with Gasteiger partial charge in [0, 0.05) is 16.5 Å². The normalized spacial score (nSPS) is 10.6. The molecule has 120 valence electrons. The van der Waals surface area contributed by atoms with Gasteiger partial charge >= 0.3 is 0 Å². The first-order valence-corrected chi connectivity index (χ1v) is 8.15. The Labute approximate surface area is 146 Å². The first-order valence-electron chi connectivity index (χ1n) is 8.15. The van der Waals surface area contributed by atoms with Gasteiger partial charge in [-0.2, -0.15) is 0 Å². The van der Waals surface area contributed by atoms with Crippen LogP contribution in [-0.4, -0.2) is 6.29 Å². The summed E-state index contributed by atoms with van der Waals surface area (Å²) in [5, 5.41) is 2.19. The predicted octanol–water partition coefficient (Wildman–Crippen LogP) is 6.11. The molecule has 0 aromatic heterocycles. The average molecular weight is 324 g/mol. The van der Waals surface area contributed by atoms with Crippen LogP contribution in [-0.2, 0) is 0 Å². The van der Waals surface area contributed by atoms with Gasteiger partial charge in [-0.25, -0.2) is 0 Å². The van der Waals surface area contributed by atoms with E-state index in [1.54, 1.807) is 12.1 Å². The van der Waals surface area contributed by atoms with Crippen molar-refractivity contribution < 1.29 is 9.53 Å². The van der Waals surface area contributed by atoms with E-state index in [0.717, 1.165) is 33.9 Å². The minimum absolute atomic E-state index is 0.633. The zero-order valence-corrected chi connectivity index (χ0v) is 13.6. The maximum absolute atomic E-state index is 10.8. The van der Waals surface area contributed by atoms with Crippen LogP contribution in [0.5, 0.6) is 11.5 Å². The van der Waals surface area contributed by atoms with Crippen molar-refractivity contribution in [3.05, 3.63) is 96.6 Å². The van der Waals surface area contributed by atoms with Crippen molar-refractivity contribution in [1.82, 2.24) is 0 Å². The molecule has 0 amide bonds. The van der Waals surface area contributed by atoms with Crippen LogP contribution in [0.4, 0.5) is 0 Å². The first kappa shape index (κ1) is 15.2. The molecule has 0 heterocycles. The second-order valence-electron chi connectivity index (χ2n) is 5.82. The maximum atomic E-state index is 10.8. The van der Waals surface area contributed by atoms with Gasteiger partial charge in [0.25, 0.3) is 0 Å². The van der Waals surface area contributed by atoms with Crippen LogP contribution in [0.25, 0.3) is 21.9 Å². The van der Waals surface area contributed by atoms with Gasteiger partial charge in [-0.1, -0.05) is 60.7 Å². The Morgan fingerprint density at radius 3 is 2.16 bits per heavy atom. The molecule has 0 aliphatic rings. The van der Waals surface area contributed by atoms with Gasteiger partial charge in [0.05, 0.1) is 0 Å². The highest BCUT2D eigenvalue weighted by Gasteiger charge is 2.12.